The van der Waals surface area contributed by atoms with Gasteiger partial charge in [0.05, 0.1) is 5.52 Å². The van der Waals surface area contributed by atoms with E-state index in [1.165, 1.54) is 18.4 Å². The van der Waals surface area contributed by atoms with Gasteiger partial charge in [0.1, 0.15) is 4.60 Å². The van der Waals surface area contributed by atoms with Gasteiger partial charge < -0.3 is 0 Å². The monoisotopic (exact) mass is 236 g/mol. The molecule has 0 amide bonds. The van der Waals surface area contributed by atoms with Crippen LogP contribution in [0.15, 0.2) is 29.0 Å². The zero-order valence-electron chi connectivity index (χ0n) is 7.07. The van der Waals surface area contributed by atoms with E-state index in [1.54, 1.807) is 0 Å². The molecule has 0 aliphatic heterocycles. The van der Waals surface area contributed by atoms with Gasteiger partial charge >= 0.3 is 0 Å². The molecule has 0 aromatic carbocycles. The second-order valence-corrected chi connectivity index (χ2v) is 4.39. The van der Waals surface area contributed by atoms with Crippen molar-refractivity contribution in [2.75, 3.05) is 0 Å². The van der Waals surface area contributed by atoms with Gasteiger partial charge in [-0.15, -0.1) is 0 Å². The van der Waals surface area contributed by atoms with Gasteiger partial charge in [-0.3, -0.25) is 0 Å². The van der Waals surface area contributed by atoms with Gasteiger partial charge in [0.15, 0.2) is 0 Å². The maximum atomic E-state index is 4.32. The van der Waals surface area contributed by atoms with Crippen LogP contribution in [0.2, 0.25) is 0 Å². The SMILES string of the molecule is Brc1cc2ccc(C3CC3)cn2n1. The summed E-state index contributed by atoms with van der Waals surface area (Å²) in [4.78, 5) is 0. The summed E-state index contributed by atoms with van der Waals surface area (Å²) in [5, 5.41) is 4.32. The number of hydrogen-bond acceptors (Lipinski definition) is 1. The molecular formula is C10H9BrN2. The van der Waals surface area contributed by atoms with Crippen LogP contribution in [0.3, 0.4) is 0 Å². The van der Waals surface area contributed by atoms with Gasteiger partial charge in [-0.1, -0.05) is 6.07 Å². The van der Waals surface area contributed by atoms with Crippen molar-refractivity contribution in [2.45, 2.75) is 18.8 Å². The zero-order valence-corrected chi connectivity index (χ0v) is 8.66. The van der Waals surface area contributed by atoms with Crippen LogP contribution in [0.4, 0.5) is 0 Å². The molecule has 0 saturated heterocycles. The molecule has 0 radical (unpaired) electrons. The Labute approximate surface area is 84.7 Å². The molecule has 2 aromatic heterocycles. The number of rotatable bonds is 1. The molecule has 2 heterocycles. The number of pyridine rings is 1. The van der Waals surface area contributed by atoms with Gasteiger partial charge in [0.2, 0.25) is 0 Å². The van der Waals surface area contributed by atoms with Crippen molar-refractivity contribution < 1.29 is 0 Å². The van der Waals surface area contributed by atoms with E-state index >= 15 is 0 Å². The van der Waals surface area contributed by atoms with E-state index in [4.69, 9.17) is 0 Å². The first-order valence-electron chi connectivity index (χ1n) is 4.48. The number of nitrogens with zero attached hydrogens (tertiary/aromatic N) is 2. The molecule has 3 heteroatoms. The van der Waals surface area contributed by atoms with Crippen LogP contribution in [0.5, 0.6) is 0 Å². The molecular weight excluding hydrogens is 228 g/mol. The Bertz CT molecular complexity index is 457. The smallest absolute Gasteiger partial charge is 0.129 e. The van der Waals surface area contributed by atoms with Gasteiger partial charge in [-0.05, 0) is 52.4 Å². The predicted molar refractivity (Wildman–Crippen MR) is 54.9 cm³/mol. The highest BCUT2D eigenvalue weighted by molar-refractivity contribution is 9.10. The van der Waals surface area contributed by atoms with E-state index in [2.05, 4.69) is 39.4 Å². The van der Waals surface area contributed by atoms with Crippen molar-refractivity contribution in [3.05, 3.63) is 34.6 Å². The van der Waals surface area contributed by atoms with E-state index in [1.807, 2.05) is 10.6 Å². The maximum Gasteiger partial charge on any atom is 0.129 e. The third-order valence-electron chi connectivity index (χ3n) is 2.50. The average Bonchev–Trinajstić information content (AvgIpc) is 2.87. The van der Waals surface area contributed by atoms with Crippen molar-refractivity contribution in [3.63, 3.8) is 0 Å². The molecule has 0 unspecified atom stereocenters. The first-order chi connectivity index (χ1) is 6.33. The zero-order chi connectivity index (χ0) is 8.84. The van der Waals surface area contributed by atoms with Crippen LogP contribution in [0.25, 0.3) is 5.52 Å². The Kier molecular flexibility index (Phi) is 1.50. The summed E-state index contributed by atoms with van der Waals surface area (Å²) in [6.07, 6.45) is 4.82. The van der Waals surface area contributed by atoms with E-state index in [0.717, 1.165) is 16.0 Å². The summed E-state index contributed by atoms with van der Waals surface area (Å²) in [7, 11) is 0. The van der Waals surface area contributed by atoms with Crippen molar-refractivity contribution in [1.29, 1.82) is 0 Å². The summed E-state index contributed by atoms with van der Waals surface area (Å²) in [6.45, 7) is 0. The molecule has 66 valence electrons. The topological polar surface area (TPSA) is 17.3 Å². The van der Waals surface area contributed by atoms with Gasteiger partial charge in [-0.25, -0.2) is 4.52 Å². The third-order valence-corrected chi connectivity index (χ3v) is 2.89. The van der Waals surface area contributed by atoms with Crippen LogP contribution in [0.1, 0.15) is 24.3 Å². The molecule has 13 heavy (non-hydrogen) atoms. The fraction of sp³-hybridized carbons (Fsp3) is 0.300. The normalized spacial score (nSPS) is 16.7. The minimum absolute atomic E-state index is 0.798. The fourth-order valence-corrected chi connectivity index (χ4v) is 2.03. The maximum absolute atomic E-state index is 4.32. The van der Waals surface area contributed by atoms with Crippen LogP contribution in [-0.4, -0.2) is 9.61 Å². The van der Waals surface area contributed by atoms with Crippen molar-refractivity contribution in [1.82, 2.24) is 9.61 Å². The molecule has 1 saturated carbocycles. The van der Waals surface area contributed by atoms with Crippen LogP contribution < -0.4 is 0 Å². The van der Waals surface area contributed by atoms with Crippen molar-refractivity contribution in [2.24, 2.45) is 0 Å². The minimum atomic E-state index is 0.798. The number of hydrogen-bond donors (Lipinski definition) is 0. The van der Waals surface area contributed by atoms with Gasteiger partial charge in [0, 0.05) is 6.20 Å². The lowest BCUT2D eigenvalue weighted by atomic mass is 10.2. The van der Waals surface area contributed by atoms with Crippen LogP contribution in [0, 0.1) is 0 Å². The number of aromatic nitrogens is 2. The second-order valence-electron chi connectivity index (χ2n) is 3.57. The highest BCUT2D eigenvalue weighted by Crippen LogP contribution is 2.39. The van der Waals surface area contributed by atoms with E-state index < -0.39 is 0 Å². The Morgan fingerprint density at radius 3 is 3.00 bits per heavy atom. The highest BCUT2D eigenvalue weighted by Gasteiger charge is 2.23. The molecule has 0 atom stereocenters. The Morgan fingerprint density at radius 2 is 2.23 bits per heavy atom. The first kappa shape index (κ1) is 7.56. The summed E-state index contributed by atoms with van der Waals surface area (Å²) in [5.41, 5.74) is 2.57. The standard InChI is InChI=1S/C10H9BrN2/c11-10-5-9-4-3-8(7-1-2-7)6-13(9)12-10/h3-7H,1-2H2. The first-order valence-corrected chi connectivity index (χ1v) is 5.27. The van der Waals surface area contributed by atoms with Crippen molar-refractivity contribution >= 4 is 21.4 Å². The lowest BCUT2D eigenvalue weighted by Crippen LogP contribution is -1.89. The Balaban J connectivity index is 2.20. The lowest BCUT2D eigenvalue weighted by Gasteiger charge is -1.98. The molecule has 1 aliphatic carbocycles. The summed E-state index contributed by atoms with van der Waals surface area (Å²) in [5.74, 6) is 0.798. The largest absolute Gasteiger partial charge is 0.240 e. The molecule has 1 aliphatic rings. The van der Waals surface area contributed by atoms with Crippen LogP contribution >= 0.6 is 15.9 Å². The van der Waals surface area contributed by atoms with Crippen molar-refractivity contribution in [3.8, 4) is 0 Å². The molecule has 3 rings (SSSR count). The quantitative estimate of drug-likeness (QED) is 0.745. The van der Waals surface area contributed by atoms with Gasteiger partial charge in [-0.2, -0.15) is 5.10 Å². The predicted octanol–water partition coefficient (Wildman–Crippen LogP) is 2.97. The summed E-state index contributed by atoms with van der Waals surface area (Å²) < 4.78 is 2.85. The molecule has 2 nitrogen and oxygen atoms in total. The summed E-state index contributed by atoms with van der Waals surface area (Å²) in [6, 6.07) is 6.36. The molecule has 0 bridgehead atoms. The third kappa shape index (κ3) is 1.27. The summed E-state index contributed by atoms with van der Waals surface area (Å²) >= 11 is 3.37. The van der Waals surface area contributed by atoms with Gasteiger partial charge in [0.25, 0.3) is 0 Å². The fourth-order valence-electron chi connectivity index (χ4n) is 1.63. The molecule has 0 N–H and O–H groups in total. The average molecular weight is 237 g/mol. The molecule has 1 fully saturated rings. The van der Waals surface area contributed by atoms with E-state index in [9.17, 15) is 0 Å². The van der Waals surface area contributed by atoms with E-state index in [0.29, 0.717) is 0 Å². The Morgan fingerprint density at radius 1 is 1.38 bits per heavy atom. The highest BCUT2D eigenvalue weighted by atomic mass is 79.9. The lowest BCUT2D eigenvalue weighted by molar-refractivity contribution is 0.922. The Hall–Kier alpha value is -0.830. The molecule has 0 spiro atoms. The van der Waals surface area contributed by atoms with Crippen LogP contribution in [-0.2, 0) is 0 Å². The van der Waals surface area contributed by atoms with E-state index in [-0.39, 0.29) is 0 Å². The number of fused-ring (bicyclic) bond motifs is 1. The number of halogens is 1. The minimum Gasteiger partial charge on any atom is -0.240 e. The molecule has 2 aromatic rings. The second kappa shape index (κ2) is 2.58.